The number of anilines is 2. The molecule has 3 heterocycles. The summed E-state index contributed by atoms with van der Waals surface area (Å²) in [5.74, 6) is 0.143. The fourth-order valence-corrected chi connectivity index (χ4v) is 8.73. The van der Waals surface area contributed by atoms with Gasteiger partial charge in [-0.15, -0.1) is 11.6 Å². The number of amides is 3. The summed E-state index contributed by atoms with van der Waals surface area (Å²) in [5, 5.41) is 46.5. The Balaban J connectivity index is 0.808. The van der Waals surface area contributed by atoms with Gasteiger partial charge < -0.3 is 78.3 Å². The molecule has 1 fully saturated rings. The first-order chi connectivity index (χ1) is 36.1. The molecule has 2 aliphatic heterocycles. The molecule has 408 valence electrons. The Bertz CT molecular complexity index is 2660. The van der Waals surface area contributed by atoms with E-state index in [0.717, 1.165) is 16.5 Å². The lowest BCUT2D eigenvalue weighted by Crippen LogP contribution is -2.60. The number of aryl methyl sites for hydroxylation is 1. The summed E-state index contributed by atoms with van der Waals surface area (Å²) >= 11 is 6.57. The minimum atomic E-state index is -1.64. The van der Waals surface area contributed by atoms with Gasteiger partial charge in [0.2, 0.25) is 6.29 Å². The van der Waals surface area contributed by atoms with Crippen molar-refractivity contribution in [1.82, 2.24) is 10.5 Å². The molecule has 0 saturated carbocycles. The summed E-state index contributed by atoms with van der Waals surface area (Å²) in [5.41, 5.74) is 5.78. The molecule has 1 saturated heterocycles. The number of alkyl halides is 1. The molecule has 0 unspecified atom stereocenters. The van der Waals surface area contributed by atoms with E-state index in [4.69, 9.17) is 59.1 Å². The van der Waals surface area contributed by atoms with Gasteiger partial charge in [0.1, 0.15) is 53.8 Å². The standard InChI is InChI=1S/C53H67ClN4O17/c1-32-6-5-7-38-42(73-51-48(62)47(61)46(60)43(31-59)74-51)28-41-45(44(32)38)35(29-54)30-58(41)50(64)40-27-34-26-36(10-13-39(34)56-40)55-49(63)33-8-11-37(12-9-33)71-24-22-69-20-18-67-16-14-66-15-17-68-19-21-70-23-25-72-57-52(65)75-53(2,3)4/h5-13,26-28,35,43,46-48,51,56,59-62H,14-25,29-31H2,1-4H3,(H,55,63)(H,57,65)/t35-,43-,46+,47+,48-,51-/m1/s1. The van der Waals surface area contributed by atoms with Crippen LogP contribution >= 0.6 is 11.6 Å². The Hall–Kier alpha value is -5.66. The van der Waals surface area contributed by atoms with Gasteiger partial charge in [-0.1, -0.05) is 18.2 Å². The molecule has 5 aromatic rings. The minimum Gasteiger partial charge on any atom is -0.491 e. The third kappa shape index (κ3) is 15.5. The van der Waals surface area contributed by atoms with Crippen LogP contribution in [0.2, 0.25) is 0 Å². The predicted molar refractivity (Wildman–Crippen MR) is 276 cm³/mol. The third-order valence-corrected chi connectivity index (χ3v) is 12.4. The zero-order valence-corrected chi connectivity index (χ0v) is 43.2. The van der Waals surface area contributed by atoms with E-state index < -0.39 is 49.0 Å². The molecular formula is C53H67ClN4O17. The maximum Gasteiger partial charge on any atom is 0.431 e. The first kappa shape index (κ1) is 57.1. The molecule has 2 aliphatic rings. The van der Waals surface area contributed by atoms with Crippen LogP contribution in [0.5, 0.6) is 11.5 Å². The van der Waals surface area contributed by atoms with Gasteiger partial charge in [-0.05, 0) is 92.7 Å². The zero-order chi connectivity index (χ0) is 53.5. The van der Waals surface area contributed by atoms with Crippen LogP contribution in [0.3, 0.4) is 0 Å². The number of H-pyrrole nitrogens is 1. The highest BCUT2D eigenvalue weighted by Crippen LogP contribution is 2.47. The van der Waals surface area contributed by atoms with Crippen molar-refractivity contribution in [2.45, 2.75) is 69.9 Å². The number of nitrogens with zero attached hydrogens (tertiary/aromatic N) is 1. The second-order valence-corrected chi connectivity index (χ2v) is 19.0. The number of ether oxygens (including phenoxy) is 9. The van der Waals surface area contributed by atoms with E-state index in [1.165, 1.54) is 0 Å². The molecular weight excluding hydrogens is 1000 g/mol. The van der Waals surface area contributed by atoms with Crippen molar-refractivity contribution in [1.29, 1.82) is 0 Å². The number of aromatic nitrogens is 1. The number of nitrogens with one attached hydrogen (secondary N) is 3. The minimum absolute atomic E-state index is 0.176. The summed E-state index contributed by atoms with van der Waals surface area (Å²) in [4.78, 5) is 49.0. The molecule has 1 aromatic heterocycles. The van der Waals surface area contributed by atoms with Crippen LogP contribution in [0.4, 0.5) is 16.2 Å². The second-order valence-electron chi connectivity index (χ2n) is 18.7. The lowest BCUT2D eigenvalue weighted by Gasteiger charge is -2.39. The highest BCUT2D eigenvalue weighted by Gasteiger charge is 2.45. The lowest BCUT2D eigenvalue weighted by molar-refractivity contribution is -0.277. The second kappa shape index (κ2) is 27.4. The normalized spacial score (nSPS) is 19.6. The Morgan fingerprint density at radius 3 is 2.05 bits per heavy atom. The molecule has 0 aliphatic carbocycles. The third-order valence-electron chi connectivity index (χ3n) is 12.1. The highest BCUT2D eigenvalue weighted by atomic mass is 35.5. The molecule has 3 amide bonds. The number of rotatable bonds is 27. The van der Waals surface area contributed by atoms with Crippen LogP contribution in [0.25, 0.3) is 21.7 Å². The SMILES string of the molecule is Cc1cccc2c(O[C@@H]3O[C@H](CO)[C@H](O)[C@H](O)[C@H]3O)cc3c(c12)[C@H](CCl)CN3C(=O)c1cc2cc(NC(=O)c3ccc(OCCOCCOCCOCCOCCOCCONC(=O)OC(C)(C)C)cc3)ccc2[nH]1. The molecule has 21 nitrogen and oxygen atoms in total. The van der Waals surface area contributed by atoms with Gasteiger partial charge in [0.15, 0.2) is 0 Å². The van der Waals surface area contributed by atoms with E-state index in [0.29, 0.717) is 111 Å². The Morgan fingerprint density at radius 2 is 1.43 bits per heavy atom. The average Bonchev–Trinajstić information content (AvgIpc) is 4.01. The molecule has 75 heavy (non-hydrogen) atoms. The summed E-state index contributed by atoms with van der Waals surface area (Å²) in [6, 6.07) is 21.1. The molecule has 6 atom stereocenters. The fourth-order valence-electron chi connectivity index (χ4n) is 8.48. The van der Waals surface area contributed by atoms with Crippen LogP contribution in [0, 0.1) is 6.92 Å². The van der Waals surface area contributed by atoms with E-state index in [1.807, 2.05) is 25.1 Å². The van der Waals surface area contributed by atoms with Crippen LogP contribution < -0.4 is 25.2 Å². The van der Waals surface area contributed by atoms with Gasteiger partial charge in [-0.25, -0.2) is 4.79 Å². The number of carbonyl (C=O) groups excluding carboxylic acids is 3. The van der Waals surface area contributed by atoms with E-state index >= 15 is 0 Å². The Morgan fingerprint density at radius 1 is 0.787 bits per heavy atom. The molecule has 7 rings (SSSR count). The number of aromatic amines is 1. The number of aliphatic hydroxyl groups excluding tert-OH is 4. The van der Waals surface area contributed by atoms with E-state index in [2.05, 4.69) is 15.8 Å². The molecule has 7 N–H and O–H groups in total. The Labute approximate surface area is 439 Å². The number of fused-ring (bicyclic) bond motifs is 4. The number of hydroxylamine groups is 1. The van der Waals surface area contributed by atoms with Crippen molar-refractivity contribution in [3.63, 3.8) is 0 Å². The first-order valence-electron chi connectivity index (χ1n) is 24.7. The molecule has 0 radical (unpaired) electrons. The van der Waals surface area contributed by atoms with Gasteiger partial charge in [0.25, 0.3) is 11.8 Å². The molecule has 0 bridgehead atoms. The van der Waals surface area contributed by atoms with Crippen LogP contribution in [0.15, 0.2) is 72.8 Å². The van der Waals surface area contributed by atoms with E-state index in [9.17, 15) is 34.8 Å². The number of hydrogen-bond acceptors (Lipinski definition) is 17. The largest absolute Gasteiger partial charge is 0.491 e. The van der Waals surface area contributed by atoms with Crippen LogP contribution in [-0.2, 0) is 38.0 Å². The van der Waals surface area contributed by atoms with Crippen molar-refractivity contribution in [3.8, 4) is 11.5 Å². The van der Waals surface area contributed by atoms with Gasteiger partial charge in [-0.2, -0.15) is 5.48 Å². The van der Waals surface area contributed by atoms with Crippen LogP contribution in [-0.4, -0.2) is 178 Å². The number of hydrogen-bond donors (Lipinski definition) is 7. The number of benzene rings is 4. The van der Waals surface area contributed by atoms with Gasteiger partial charge in [0.05, 0.1) is 85.0 Å². The quantitative estimate of drug-likeness (QED) is 0.0208. The molecule has 4 aromatic carbocycles. The zero-order valence-electron chi connectivity index (χ0n) is 42.4. The maximum absolute atomic E-state index is 14.4. The van der Waals surface area contributed by atoms with Crippen molar-refractivity contribution >= 4 is 62.6 Å². The van der Waals surface area contributed by atoms with Crippen molar-refractivity contribution in [3.05, 3.63) is 95.2 Å². The topological polar surface area (TPSA) is 268 Å². The van der Waals surface area contributed by atoms with Crippen molar-refractivity contribution in [2.75, 3.05) is 109 Å². The monoisotopic (exact) mass is 1070 g/mol. The van der Waals surface area contributed by atoms with Crippen molar-refractivity contribution in [2.24, 2.45) is 0 Å². The van der Waals surface area contributed by atoms with Gasteiger partial charge in [0, 0.05) is 51.9 Å². The van der Waals surface area contributed by atoms with Crippen molar-refractivity contribution < 1.29 is 82.3 Å². The Kier molecular flexibility index (Phi) is 20.8. The predicted octanol–water partition coefficient (Wildman–Crippen LogP) is 4.96. The van der Waals surface area contributed by atoms with E-state index in [1.54, 1.807) is 80.3 Å². The van der Waals surface area contributed by atoms with Gasteiger partial charge in [-0.3, -0.25) is 14.4 Å². The maximum atomic E-state index is 14.4. The fraction of sp³-hybridized carbons (Fsp3) is 0.491. The average molecular weight is 1070 g/mol. The molecule has 0 spiro atoms. The van der Waals surface area contributed by atoms with E-state index in [-0.39, 0.29) is 49.1 Å². The number of halogens is 1. The summed E-state index contributed by atoms with van der Waals surface area (Å²) < 4.78 is 50.2. The molecule has 22 heteroatoms. The van der Waals surface area contributed by atoms with Gasteiger partial charge >= 0.3 is 6.09 Å². The lowest BCUT2D eigenvalue weighted by atomic mass is 9.92. The summed E-state index contributed by atoms with van der Waals surface area (Å²) in [7, 11) is 0. The summed E-state index contributed by atoms with van der Waals surface area (Å²) in [6.45, 7) is 11.2. The van der Waals surface area contributed by atoms with Crippen LogP contribution in [0.1, 0.15) is 58.7 Å². The number of carbonyl (C=O) groups is 3. The highest BCUT2D eigenvalue weighted by molar-refractivity contribution is 6.19. The smallest absolute Gasteiger partial charge is 0.431 e. The number of aliphatic hydroxyl groups is 4. The first-order valence-corrected chi connectivity index (χ1v) is 25.3. The summed E-state index contributed by atoms with van der Waals surface area (Å²) in [6.07, 6.45) is -8.12.